The number of fused-ring (bicyclic) bond motifs is 1. The zero-order valence-corrected chi connectivity index (χ0v) is 16.1. The molecule has 0 bridgehead atoms. The first-order chi connectivity index (χ1) is 14.8. The van der Waals surface area contributed by atoms with E-state index < -0.39 is 29.5 Å². The van der Waals surface area contributed by atoms with Gasteiger partial charge in [0.2, 0.25) is 0 Å². The molecule has 0 radical (unpaired) electrons. The summed E-state index contributed by atoms with van der Waals surface area (Å²) in [6.45, 7) is -0.361. The molecule has 1 amide bonds. The topological polar surface area (TPSA) is 84.2 Å². The van der Waals surface area contributed by atoms with Crippen LogP contribution in [-0.4, -0.2) is 40.0 Å². The third kappa shape index (κ3) is 3.62. The van der Waals surface area contributed by atoms with Gasteiger partial charge in [0, 0.05) is 24.5 Å². The summed E-state index contributed by atoms with van der Waals surface area (Å²) in [7, 11) is 1.42. The standard InChI is InChI=1S/C20H16F4N6O/c1-25-17-16-6-7-27-30(16)10-20(29-17,19(23)24)13-8-12(3-4-14(13)22)28-18(31)15-5-2-11(21)9-26-15/h2-9,19H,10H2,1H3,(H,25,29)(H,28,31). The van der Waals surface area contributed by atoms with Crippen LogP contribution in [0.5, 0.6) is 0 Å². The first kappa shape index (κ1) is 20.5. The number of aromatic nitrogens is 3. The van der Waals surface area contributed by atoms with Gasteiger partial charge in [-0.15, -0.1) is 0 Å². The Morgan fingerprint density at radius 2 is 2.06 bits per heavy atom. The van der Waals surface area contributed by atoms with Crippen molar-refractivity contribution in [3.05, 3.63) is 77.4 Å². The fourth-order valence-corrected chi connectivity index (χ4v) is 3.43. The Hall–Kier alpha value is -3.76. The van der Waals surface area contributed by atoms with Crippen LogP contribution in [-0.2, 0) is 12.1 Å². The molecule has 160 valence electrons. The zero-order chi connectivity index (χ0) is 22.2. The lowest BCUT2D eigenvalue weighted by Gasteiger charge is -2.39. The second kappa shape index (κ2) is 7.82. The van der Waals surface area contributed by atoms with Crippen molar-refractivity contribution in [2.24, 2.45) is 4.99 Å². The number of hydrogen-bond acceptors (Lipinski definition) is 4. The lowest BCUT2D eigenvalue weighted by atomic mass is 9.87. The fourth-order valence-electron chi connectivity index (χ4n) is 3.43. The number of nitrogens with zero attached hydrogens (tertiary/aromatic N) is 4. The number of hydrogen-bond donors (Lipinski definition) is 2. The van der Waals surface area contributed by atoms with Crippen LogP contribution in [0.4, 0.5) is 23.2 Å². The minimum absolute atomic E-state index is 0.0654. The molecular weight excluding hydrogens is 416 g/mol. The molecule has 4 rings (SSSR count). The number of benzene rings is 1. The van der Waals surface area contributed by atoms with E-state index in [9.17, 15) is 22.4 Å². The lowest BCUT2D eigenvalue weighted by molar-refractivity contribution is 0.0203. The van der Waals surface area contributed by atoms with Crippen LogP contribution in [0.15, 0.2) is 53.8 Å². The predicted octanol–water partition coefficient (Wildman–Crippen LogP) is 2.95. The number of amides is 1. The number of rotatable bonds is 4. The largest absolute Gasteiger partial charge is 0.352 e. The smallest absolute Gasteiger partial charge is 0.274 e. The Bertz CT molecular complexity index is 1160. The predicted molar refractivity (Wildman–Crippen MR) is 104 cm³/mol. The normalized spacial score (nSPS) is 19.2. The molecule has 2 aromatic heterocycles. The Labute approximate surface area is 173 Å². The lowest BCUT2D eigenvalue weighted by Crippen LogP contribution is -2.58. The first-order valence-electron chi connectivity index (χ1n) is 9.12. The summed E-state index contributed by atoms with van der Waals surface area (Å²) in [5.41, 5.74) is -2.07. The summed E-state index contributed by atoms with van der Waals surface area (Å²) < 4.78 is 57.9. The second-order valence-electron chi connectivity index (χ2n) is 6.85. The number of alkyl halides is 2. The van der Waals surface area contributed by atoms with Crippen molar-refractivity contribution >= 4 is 17.4 Å². The van der Waals surface area contributed by atoms with Crippen molar-refractivity contribution in [2.45, 2.75) is 18.5 Å². The van der Waals surface area contributed by atoms with E-state index in [0.29, 0.717) is 5.69 Å². The Morgan fingerprint density at radius 3 is 2.74 bits per heavy atom. The molecule has 0 saturated carbocycles. The van der Waals surface area contributed by atoms with Crippen molar-refractivity contribution in [2.75, 3.05) is 12.4 Å². The molecule has 3 aromatic rings. The molecule has 0 saturated heterocycles. The SMILES string of the molecule is CN=C1NC(c2cc(NC(=O)c3ccc(F)cn3)ccc2F)(C(F)F)Cn2nccc21. The molecule has 0 spiro atoms. The van der Waals surface area contributed by atoms with Crippen LogP contribution in [0.3, 0.4) is 0 Å². The van der Waals surface area contributed by atoms with Crippen LogP contribution in [0.2, 0.25) is 0 Å². The molecule has 1 atom stereocenters. The highest BCUT2D eigenvalue weighted by molar-refractivity contribution is 6.03. The van der Waals surface area contributed by atoms with E-state index in [0.717, 1.165) is 24.4 Å². The third-order valence-corrected chi connectivity index (χ3v) is 4.96. The average Bonchev–Trinajstić information content (AvgIpc) is 3.23. The minimum Gasteiger partial charge on any atom is -0.352 e. The number of halogens is 4. The Balaban J connectivity index is 1.73. The van der Waals surface area contributed by atoms with Gasteiger partial charge in [0.15, 0.2) is 0 Å². The van der Waals surface area contributed by atoms with Crippen LogP contribution in [0, 0.1) is 11.6 Å². The molecular formula is C20H16F4N6O. The molecule has 1 aliphatic heterocycles. The number of anilines is 1. The molecule has 1 unspecified atom stereocenters. The van der Waals surface area contributed by atoms with Gasteiger partial charge in [0.25, 0.3) is 12.3 Å². The van der Waals surface area contributed by atoms with E-state index >= 15 is 0 Å². The van der Waals surface area contributed by atoms with E-state index in [4.69, 9.17) is 0 Å². The molecule has 0 aliphatic carbocycles. The summed E-state index contributed by atoms with van der Waals surface area (Å²) in [6.07, 6.45) is -0.733. The van der Waals surface area contributed by atoms with Gasteiger partial charge in [0.05, 0.1) is 12.7 Å². The summed E-state index contributed by atoms with van der Waals surface area (Å²) in [4.78, 5) is 20.0. The van der Waals surface area contributed by atoms with Crippen molar-refractivity contribution in [3.8, 4) is 0 Å². The molecule has 2 N–H and O–H groups in total. The van der Waals surface area contributed by atoms with E-state index in [1.807, 2.05) is 0 Å². The van der Waals surface area contributed by atoms with Crippen LogP contribution in [0.1, 0.15) is 21.7 Å². The minimum atomic E-state index is -3.04. The van der Waals surface area contributed by atoms with Crippen molar-refractivity contribution in [3.63, 3.8) is 0 Å². The van der Waals surface area contributed by atoms with Gasteiger partial charge in [0.1, 0.15) is 34.4 Å². The van der Waals surface area contributed by atoms with E-state index in [1.165, 1.54) is 30.1 Å². The number of aliphatic imine (C=N–C) groups is 1. The number of pyridine rings is 1. The monoisotopic (exact) mass is 432 g/mol. The van der Waals surface area contributed by atoms with E-state index in [-0.39, 0.29) is 29.3 Å². The maximum atomic E-state index is 14.8. The average molecular weight is 432 g/mol. The van der Waals surface area contributed by atoms with Gasteiger partial charge in [-0.25, -0.2) is 22.5 Å². The summed E-state index contributed by atoms with van der Waals surface area (Å²) in [5, 5.41) is 9.17. The van der Waals surface area contributed by atoms with Gasteiger partial charge in [-0.1, -0.05) is 0 Å². The summed E-state index contributed by atoms with van der Waals surface area (Å²) >= 11 is 0. The van der Waals surface area contributed by atoms with Gasteiger partial charge in [-0.2, -0.15) is 5.10 Å². The molecule has 1 aliphatic rings. The molecule has 11 heteroatoms. The molecule has 7 nitrogen and oxygen atoms in total. The summed E-state index contributed by atoms with van der Waals surface area (Å²) in [6, 6.07) is 7.17. The van der Waals surface area contributed by atoms with Crippen molar-refractivity contribution in [1.82, 2.24) is 20.1 Å². The molecule has 31 heavy (non-hydrogen) atoms. The van der Waals surface area contributed by atoms with Crippen molar-refractivity contribution in [1.29, 1.82) is 0 Å². The Kier molecular flexibility index (Phi) is 5.17. The van der Waals surface area contributed by atoms with E-state index in [2.05, 4.69) is 25.7 Å². The highest BCUT2D eigenvalue weighted by Gasteiger charge is 2.48. The van der Waals surface area contributed by atoms with Gasteiger partial charge >= 0.3 is 0 Å². The highest BCUT2D eigenvalue weighted by Crippen LogP contribution is 2.36. The van der Waals surface area contributed by atoms with Gasteiger partial charge in [-0.05, 0) is 36.4 Å². The quantitative estimate of drug-likeness (QED) is 0.621. The number of amidine groups is 1. The third-order valence-electron chi connectivity index (χ3n) is 4.96. The van der Waals surface area contributed by atoms with E-state index in [1.54, 1.807) is 6.07 Å². The number of carbonyl (C=O) groups excluding carboxylic acids is 1. The Morgan fingerprint density at radius 1 is 1.26 bits per heavy atom. The van der Waals surface area contributed by atoms with Crippen LogP contribution < -0.4 is 10.6 Å². The number of nitrogens with one attached hydrogen (secondary N) is 2. The zero-order valence-electron chi connectivity index (χ0n) is 16.1. The fraction of sp³-hybridized carbons (Fsp3) is 0.200. The van der Waals surface area contributed by atoms with Crippen molar-refractivity contribution < 1.29 is 22.4 Å². The first-order valence-corrected chi connectivity index (χ1v) is 9.12. The van der Waals surface area contributed by atoms with Gasteiger partial charge < -0.3 is 10.6 Å². The summed E-state index contributed by atoms with van der Waals surface area (Å²) in [5.74, 6) is -2.08. The maximum Gasteiger partial charge on any atom is 0.274 e. The maximum absolute atomic E-state index is 14.8. The van der Waals surface area contributed by atoms with Gasteiger partial charge in [-0.3, -0.25) is 14.5 Å². The number of carbonyl (C=O) groups is 1. The molecule has 1 aromatic carbocycles. The highest BCUT2D eigenvalue weighted by atomic mass is 19.3. The van der Waals surface area contributed by atoms with Crippen LogP contribution in [0.25, 0.3) is 0 Å². The molecule has 0 fully saturated rings. The second-order valence-corrected chi connectivity index (χ2v) is 6.85. The molecule has 3 heterocycles. The van der Waals surface area contributed by atoms with Crippen LogP contribution >= 0.6 is 0 Å².